The van der Waals surface area contributed by atoms with Crippen LogP contribution >= 0.6 is 0 Å². The van der Waals surface area contributed by atoms with Gasteiger partial charge in [0.2, 0.25) is 0 Å². The van der Waals surface area contributed by atoms with Crippen LogP contribution in [0.3, 0.4) is 0 Å². The molecule has 62 valence electrons. The average molecular weight is 164 g/mol. The number of nitrogens with one attached hydrogen (secondary N) is 2. The molecule has 0 bridgehead atoms. The van der Waals surface area contributed by atoms with E-state index in [0.717, 1.165) is 5.56 Å². The van der Waals surface area contributed by atoms with Crippen molar-refractivity contribution >= 4 is 11.0 Å². The summed E-state index contributed by atoms with van der Waals surface area (Å²) in [6, 6.07) is 3.31. The van der Waals surface area contributed by atoms with Gasteiger partial charge >= 0.3 is 5.69 Å². The van der Waals surface area contributed by atoms with E-state index in [4.69, 9.17) is 0 Å². The zero-order valence-electron chi connectivity index (χ0n) is 6.51. The highest BCUT2D eigenvalue weighted by Crippen LogP contribution is 2.22. The van der Waals surface area contributed by atoms with Crippen LogP contribution in [-0.4, -0.2) is 15.1 Å². The van der Waals surface area contributed by atoms with Crippen LogP contribution in [-0.2, 0) is 0 Å². The molecule has 0 unspecified atom stereocenters. The van der Waals surface area contributed by atoms with Crippen LogP contribution in [0.1, 0.15) is 5.56 Å². The Morgan fingerprint density at radius 3 is 2.58 bits per heavy atom. The minimum Gasteiger partial charge on any atom is -0.506 e. The Hall–Kier alpha value is -1.71. The number of imidazole rings is 1. The molecule has 0 saturated heterocycles. The molecule has 0 fully saturated rings. The van der Waals surface area contributed by atoms with Crippen molar-refractivity contribution in [2.45, 2.75) is 6.92 Å². The Morgan fingerprint density at radius 2 is 1.92 bits per heavy atom. The van der Waals surface area contributed by atoms with Crippen LogP contribution < -0.4 is 5.69 Å². The summed E-state index contributed by atoms with van der Waals surface area (Å²) in [4.78, 5) is 16.0. The summed E-state index contributed by atoms with van der Waals surface area (Å²) in [7, 11) is 0. The van der Waals surface area contributed by atoms with Gasteiger partial charge in [-0.25, -0.2) is 4.79 Å². The first-order valence-corrected chi connectivity index (χ1v) is 3.59. The maximum Gasteiger partial charge on any atom is 0.323 e. The van der Waals surface area contributed by atoms with Gasteiger partial charge in [-0.05, 0) is 18.6 Å². The zero-order chi connectivity index (χ0) is 8.72. The molecule has 4 heteroatoms. The van der Waals surface area contributed by atoms with E-state index < -0.39 is 0 Å². The largest absolute Gasteiger partial charge is 0.506 e. The molecule has 4 nitrogen and oxygen atoms in total. The second-order valence-electron chi connectivity index (χ2n) is 2.73. The van der Waals surface area contributed by atoms with Gasteiger partial charge in [-0.2, -0.15) is 0 Å². The summed E-state index contributed by atoms with van der Waals surface area (Å²) >= 11 is 0. The van der Waals surface area contributed by atoms with Crippen molar-refractivity contribution in [3.63, 3.8) is 0 Å². The van der Waals surface area contributed by atoms with Crippen molar-refractivity contribution in [1.82, 2.24) is 9.97 Å². The van der Waals surface area contributed by atoms with Gasteiger partial charge in [-0.15, -0.1) is 0 Å². The second-order valence-corrected chi connectivity index (χ2v) is 2.73. The molecule has 1 aromatic carbocycles. The number of aryl methyl sites for hydroxylation is 1. The highest BCUT2D eigenvalue weighted by molar-refractivity contribution is 5.83. The van der Waals surface area contributed by atoms with Crippen LogP contribution in [0.25, 0.3) is 11.0 Å². The first kappa shape index (κ1) is 6.97. The quantitative estimate of drug-likeness (QED) is 0.540. The summed E-state index contributed by atoms with van der Waals surface area (Å²) in [5.74, 6) is 0.0916. The van der Waals surface area contributed by atoms with Crippen LogP contribution in [0.15, 0.2) is 16.9 Å². The number of aromatic amines is 2. The van der Waals surface area contributed by atoms with Crippen LogP contribution in [0.5, 0.6) is 5.75 Å². The normalized spacial score (nSPS) is 10.8. The van der Waals surface area contributed by atoms with Gasteiger partial charge in [0.1, 0.15) is 11.3 Å². The number of aromatic nitrogens is 2. The number of rotatable bonds is 0. The van der Waals surface area contributed by atoms with E-state index in [1.165, 1.54) is 0 Å². The molecule has 0 spiro atoms. The molecular formula is C8H8N2O2. The lowest BCUT2D eigenvalue weighted by Gasteiger charge is -1.96. The number of phenols is 1. The lowest BCUT2D eigenvalue weighted by atomic mass is 10.2. The maximum absolute atomic E-state index is 10.9. The molecule has 1 aromatic heterocycles. The van der Waals surface area contributed by atoms with Crippen molar-refractivity contribution in [3.05, 3.63) is 28.2 Å². The fraction of sp³-hybridized carbons (Fsp3) is 0.125. The monoisotopic (exact) mass is 164 g/mol. The highest BCUT2D eigenvalue weighted by atomic mass is 16.3. The third-order valence-electron chi connectivity index (χ3n) is 1.87. The lowest BCUT2D eigenvalue weighted by Crippen LogP contribution is -1.99. The summed E-state index contributed by atoms with van der Waals surface area (Å²) < 4.78 is 0. The number of fused-ring (bicyclic) bond motifs is 1. The van der Waals surface area contributed by atoms with Crippen LogP contribution in [0.4, 0.5) is 0 Å². The second kappa shape index (κ2) is 2.14. The van der Waals surface area contributed by atoms with Gasteiger partial charge in [-0.1, -0.05) is 6.07 Å². The molecular weight excluding hydrogens is 156 g/mol. The number of hydrogen-bond acceptors (Lipinski definition) is 2. The molecule has 0 atom stereocenters. The number of aromatic hydroxyl groups is 1. The van der Waals surface area contributed by atoms with Gasteiger partial charge in [-0.3, -0.25) is 0 Å². The van der Waals surface area contributed by atoms with E-state index in [0.29, 0.717) is 11.0 Å². The van der Waals surface area contributed by atoms with E-state index in [2.05, 4.69) is 9.97 Å². The van der Waals surface area contributed by atoms with Gasteiger partial charge in [0.15, 0.2) is 0 Å². The molecule has 3 N–H and O–H groups in total. The summed E-state index contributed by atoms with van der Waals surface area (Å²) in [6.07, 6.45) is 0. The molecule has 0 amide bonds. The average Bonchev–Trinajstić information content (AvgIpc) is 2.41. The third kappa shape index (κ3) is 0.812. The van der Waals surface area contributed by atoms with Crippen molar-refractivity contribution < 1.29 is 5.11 Å². The van der Waals surface area contributed by atoms with E-state index >= 15 is 0 Å². The molecule has 2 rings (SSSR count). The van der Waals surface area contributed by atoms with Gasteiger partial charge in [0.25, 0.3) is 0 Å². The van der Waals surface area contributed by atoms with E-state index in [1.807, 2.05) is 6.92 Å². The van der Waals surface area contributed by atoms with Crippen molar-refractivity contribution in [2.24, 2.45) is 0 Å². The summed E-state index contributed by atoms with van der Waals surface area (Å²) in [6.45, 7) is 1.87. The topological polar surface area (TPSA) is 68.9 Å². The Bertz CT molecular complexity index is 439. The summed E-state index contributed by atoms with van der Waals surface area (Å²) in [5.41, 5.74) is 1.77. The predicted octanol–water partition coefficient (Wildman–Crippen LogP) is 0.870. The third-order valence-corrected chi connectivity index (χ3v) is 1.87. The number of hydrogen-bond donors (Lipinski definition) is 3. The molecule has 12 heavy (non-hydrogen) atoms. The highest BCUT2D eigenvalue weighted by Gasteiger charge is 2.04. The minimum absolute atomic E-state index is 0.0916. The molecule has 0 radical (unpaired) electrons. The Labute approximate surface area is 67.9 Å². The van der Waals surface area contributed by atoms with E-state index in [-0.39, 0.29) is 11.4 Å². The number of phenolic OH excluding ortho intramolecular Hbond substituents is 1. The Balaban J connectivity index is 3.03. The van der Waals surface area contributed by atoms with Gasteiger partial charge in [0, 0.05) is 0 Å². The fourth-order valence-electron chi connectivity index (χ4n) is 1.24. The fourth-order valence-corrected chi connectivity index (χ4v) is 1.24. The minimum atomic E-state index is -0.297. The first-order chi connectivity index (χ1) is 5.68. The van der Waals surface area contributed by atoms with Crippen LogP contribution in [0.2, 0.25) is 0 Å². The first-order valence-electron chi connectivity index (χ1n) is 3.59. The lowest BCUT2D eigenvalue weighted by molar-refractivity contribution is 0.480. The van der Waals surface area contributed by atoms with Crippen molar-refractivity contribution in [3.8, 4) is 5.75 Å². The van der Waals surface area contributed by atoms with Gasteiger partial charge in [0.05, 0.1) is 5.52 Å². The number of H-pyrrole nitrogens is 2. The van der Waals surface area contributed by atoms with Crippen molar-refractivity contribution in [2.75, 3.05) is 0 Å². The predicted molar refractivity (Wildman–Crippen MR) is 45.3 cm³/mol. The smallest absolute Gasteiger partial charge is 0.323 e. The molecule has 0 aliphatic rings. The molecule has 2 aromatic rings. The molecule has 0 aliphatic heterocycles. The Morgan fingerprint density at radius 1 is 1.25 bits per heavy atom. The standard InChI is InChI=1S/C8H8N2O2/c1-4-2-3-5(11)7-6(4)9-8(12)10-7/h2-3,11H,1H3,(H2,9,10,12). The molecule has 0 aliphatic carbocycles. The summed E-state index contributed by atoms with van der Waals surface area (Å²) in [5, 5.41) is 9.32. The van der Waals surface area contributed by atoms with E-state index in [1.54, 1.807) is 12.1 Å². The molecule has 0 saturated carbocycles. The van der Waals surface area contributed by atoms with Crippen molar-refractivity contribution in [1.29, 1.82) is 0 Å². The molecule has 1 heterocycles. The van der Waals surface area contributed by atoms with Crippen LogP contribution in [0, 0.1) is 6.92 Å². The Kier molecular flexibility index (Phi) is 1.24. The zero-order valence-corrected chi connectivity index (χ0v) is 6.51. The van der Waals surface area contributed by atoms with Gasteiger partial charge < -0.3 is 15.1 Å². The SMILES string of the molecule is Cc1ccc(O)c2[nH]c(=O)[nH]c12. The number of benzene rings is 1. The maximum atomic E-state index is 10.9. The van der Waals surface area contributed by atoms with E-state index in [9.17, 15) is 9.90 Å².